The average Bonchev–Trinajstić information content (AvgIpc) is 3.07. The lowest BCUT2D eigenvalue weighted by atomic mass is 10.1. The zero-order chi connectivity index (χ0) is 19.7. The highest BCUT2D eigenvalue weighted by atomic mass is 16.4. The SMILES string of the molecule is O=C(O)c1ccc(Nc2c(-c3ccccc3)nc3cnccn23)cc1C(=O)O. The summed E-state index contributed by atoms with van der Waals surface area (Å²) in [7, 11) is 0. The first-order valence-electron chi connectivity index (χ1n) is 8.30. The third kappa shape index (κ3) is 3.03. The maximum Gasteiger partial charge on any atom is 0.336 e. The molecule has 0 atom stereocenters. The van der Waals surface area contributed by atoms with Crippen LogP contribution < -0.4 is 5.32 Å². The summed E-state index contributed by atoms with van der Waals surface area (Å²) in [6.45, 7) is 0. The van der Waals surface area contributed by atoms with Crippen LogP contribution >= 0.6 is 0 Å². The number of nitrogens with zero attached hydrogens (tertiary/aromatic N) is 3. The van der Waals surface area contributed by atoms with Gasteiger partial charge in [0.05, 0.1) is 17.3 Å². The predicted octanol–water partition coefficient (Wildman–Crippen LogP) is 3.54. The smallest absolute Gasteiger partial charge is 0.336 e. The number of imidazole rings is 1. The molecule has 2 aromatic heterocycles. The summed E-state index contributed by atoms with van der Waals surface area (Å²) in [5.41, 5.74) is 2.00. The van der Waals surface area contributed by atoms with Crippen molar-refractivity contribution in [3.8, 4) is 11.3 Å². The van der Waals surface area contributed by atoms with Gasteiger partial charge >= 0.3 is 11.9 Å². The Labute approximate surface area is 158 Å². The fourth-order valence-electron chi connectivity index (χ4n) is 2.95. The lowest BCUT2D eigenvalue weighted by molar-refractivity contribution is 0.0651. The van der Waals surface area contributed by atoms with Crippen molar-refractivity contribution in [1.82, 2.24) is 14.4 Å². The summed E-state index contributed by atoms with van der Waals surface area (Å²) in [5.74, 6) is -2.00. The van der Waals surface area contributed by atoms with Crippen LogP contribution in [0.5, 0.6) is 0 Å². The topological polar surface area (TPSA) is 117 Å². The number of carboxylic acid groups (broad SMARTS) is 2. The Bertz CT molecular complexity index is 1200. The molecule has 0 radical (unpaired) electrons. The van der Waals surface area contributed by atoms with Crippen molar-refractivity contribution in [1.29, 1.82) is 0 Å². The van der Waals surface area contributed by atoms with E-state index in [2.05, 4.69) is 15.3 Å². The van der Waals surface area contributed by atoms with Crippen molar-refractivity contribution in [2.45, 2.75) is 0 Å². The van der Waals surface area contributed by atoms with Crippen LogP contribution in [0.1, 0.15) is 20.7 Å². The third-order valence-corrected chi connectivity index (χ3v) is 4.22. The van der Waals surface area contributed by atoms with E-state index >= 15 is 0 Å². The average molecular weight is 374 g/mol. The molecule has 8 nitrogen and oxygen atoms in total. The summed E-state index contributed by atoms with van der Waals surface area (Å²) in [4.78, 5) is 31.4. The van der Waals surface area contributed by atoms with Crippen molar-refractivity contribution < 1.29 is 19.8 Å². The lowest BCUT2D eigenvalue weighted by Gasteiger charge is -2.11. The molecule has 0 spiro atoms. The van der Waals surface area contributed by atoms with E-state index < -0.39 is 11.9 Å². The fourth-order valence-corrected chi connectivity index (χ4v) is 2.95. The predicted molar refractivity (Wildman–Crippen MR) is 102 cm³/mol. The molecule has 0 bridgehead atoms. The van der Waals surface area contributed by atoms with E-state index in [4.69, 9.17) is 0 Å². The van der Waals surface area contributed by atoms with E-state index in [0.29, 0.717) is 22.8 Å². The van der Waals surface area contributed by atoms with Gasteiger partial charge in [0.2, 0.25) is 0 Å². The zero-order valence-corrected chi connectivity index (χ0v) is 14.4. The molecule has 0 aliphatic rings. The second-order valence-corrected chi connectivity index (χ2v) is 5.98. The molecule has 2 heterocycles. The molecule has 28 heavy (non-hydrogen) atoms. The highest BCUT2D eigenvalue weighted by molar-refractivity contribution is 6.02. The quantitative estimate of drug-likeness (QED) is 0.489. The van der Waals surface area contributed by atoms with Gasteiger partial charge in [-0.1, -0.05) is 30.3 Å². The molecular weight excluding hydrogens is 360 g/mol. The maximum atomic E-state index is 11.5. The monoisotopic (exact) mass is 374 g/mol. The standard InChI is InChI=1S/C20H14N4O4/c25-19(26)14-7-6-13(10-15(14)20(27)28)22-18-17(12-4-2-1-3-5-12)23-16-11-21-8-9-24(16)18/h1-11,22H,(H,25,26)(H,27,28). The number of carboxylic acids is 2. The van der Waals surface area contributed by atoms with E-state index in [9.17, 15) is 19.8 Å². The van der Waals surface area contributed by atoms with Crippen LogP contribution in [0.25, 0.3) is 16.9 Å². The van der Waals surface area contributed by atoms with Gasteiger partial charge in [-0.15, -0.1) is 0 Å². The molecule has 2 aromatic carbocycles. The third-order valence-electron chi connectivity index (χ3n) is 4.22. The highest BCUT2D eigenvalue weighted by Gasteiger charge is 2.18. The Morgan fingerprint density at radius 1 is 0.964 bits per heavy atom. The number of hydrogen-bond donors (Lipinski definition) is 3. The second-order valence-electron chi connectivity index (χ2n) is 5.98. The minimum absolute atomic E-state index is 0.274. The number of nitrogens with one attached hydrogen (secondary N) is 1. The van der Waals surface area contributed by atoms with Gasteiger partial charge in [-0.2, -0.15) is 0 Å². The minimum Gasteiger partial charge on any atom is -0.478 e. The van der Waals surface area contributed by atoms with Crippen LogP contribution in [0.3, 0.4) is 0 Å². The molecule has 8 heteroatoms. The van der Waals surface area contributed by atoms with Crippen molar-refractivity contribution in [3.63, 3.8) is 0 Å². The number of fused-ring (bicyclic) bond motifs is 1. The number of anilines is 2. The zero-order valence-electron chi connectivity index (χ0n) is 14.4. The van der Waals surface area contributed by atoms with Crippen LogP contribution in [0, 0.1) is 0 Å². The van der Waals surface area contributed by atoms with Crippen LogP contribution in [-0.2, 0) is 0 Å². The summed E-state index contributed by atoms with van der Waals surface area (Å²) >= 11 is 0. The fraction of sp³-hybridized carbons (Fsp3) is 0. The van der Waals surface area contributed by atoms with Gasteiger partial charge in [-0.25, -0.2) is 14.6 Å². The van der Waals surface area contributed by atoms with E-state index in [1.807, 2.05) is 30.3 Å². The molecule has 0 fully saturated rings. The molecule has 0 unspecified atom stereocenters. The number of hydrogen-bond acceptors (Lipinski definition) is 5. The number of rotatable bonds is 5. The first kappa shape index (κ1) is 17.2. The first-order valence-corrected chi connectivity index (χ1v) is 8.30. The normalized spacial score (nSPS) is 10.7. The molecular formula is C20H14N4O4. The maximum absolute atomic E-state index is 11.5. The van der Waals surface area contributed by atoms with E-state index in [1.165, 1.54) is 18.2 Å². The minimum atomic E-state index is -1.31. The Hall–Kier alpha value is -4.20. The Balaban J connectivity index is 1.85. The van der Waals surface area contributed by atoms with Crippen LogP contribution in [0.2, 0.25) is 0 Å². The van der Waals surface area contributed by atoms with Crippen molar-refractivity contribution >= 4 is 29.1 Å². The molecule has 4 aromatic rings. The van der Waals surface area contributed by atoms with Crippen LogP contribution in [0.15, 0.2) is 67.1 Å². The van der Waals surface area contributed by atoms with Gasteiger partial charge in [0.15, 0.2) is 5.65 Å². The van der Waals surface area contributed by atoms with Gasteiger partial charge in [0.1, 0.15) is 11.5 Å². The number of benzene rings is 2. The van der Waals surface area contributed by atoms with Crippen molar-refractivity contribution in [2.24, 2.45) is 0 Å². The van der Waals surface area contributed by atoms with Gasteiger partial charge < -0.3 is 15.5 Å². The molecule has 4 rings (SSSR count). The first-order chi connectivity index (χ1) is 13.5. The Morgan fingerprint density at radius 3 is 2.43 bits per heavy atom. The Kier molecular flexibility index (Phi) is 4.21. The van der Waals surface area contributed by atoms with E-state index in [0.717, 1.165) is 5.56 Å². The van der Waals surface area contributed by atoms with Crippen molar-refractivity contribution in [3.05, 3.63) is 78.2 Å². The number of aromatic carboxylic acids is 2. The van der Waals surface area contributed by atoms with E-state index in [-0.39, 0.29) is 11.1 Å². The largest absolute Gasteiger partial charge is 0.478 e. The molecule has 138 valence electrons. The van der Waals surface area contributed by atoms with Crippen molar-refractivity contribution in [2.75, 3.05) is 5.32 Å². The van der Waals surface area contributed by atoms with Crippen LogP contribution in [0.4, 0.5) is 11.5 Å². The van der Waals surface area contributed by atoms with Gasteiger partial charge in [-0.05, 0) is 18.2 Å². The van der Waals surface area contributed by atoms with E-state index in [1.54, 1.807) is 23.0 Å². The summed E-state index contributed by atoms with van der Waals surface area (Å²) in [6, 6.07) is 13.6. The van der Waals surface area contributed by atoms with Gasteiger partial charge in [0, 0.05) is 23.6 Å². The Morgan fingerprint density at radius 2 is 1.71 bits per heavy atom. The lowest BCUT2D eigenvalue weighted by Crippen LogP contribution is -2.09. The number of aromatic nitrogens is 3. The number of carbonyl (C=O) groups is 2. The summed E-state index contributed by atoms with van der Waals surface area (Å²) in [6.07, 6.45) is 4.97. The molecule has 3 N–H and O–H groups in total. The summed E-state index contributed by atoms with van der Waals surface area (Å²) in [5, 5.41) is 21.7. The molecule has 0 saturated heterocycles. The molecule has 0 aliphatic carbocycles. The molecule has 0 amide bonds. The second kappa shape index (κ2) is 6.84. The highest BCUT2D eigenvalue weighted by Crippen LogP contribution is 2.31. The molecule has 0 aliphatic heterocycles. The molecule has 0 saturated carbocycles. The summed E-state index contributed by atoms with van der Waals surface area (Å²) < 4.78 is 1.79. The van der Waals surface area contributed by atoms with Gasteiger partial charge in [0.25, 0.3) is 0 Å². The van der Waals surface area contributed by atoms with Gasteiger partial charge in [-0.3, -0.25) is 9.38 Å². The van der Waals surface area contributed by atoms with Crippen LogP contribution in [-0.4, -0.2) is 36.5 Å².